The Morgan fingerprint density at radius 1 is 0.976 bits per heavy atom. The van der Waals surface area contributed by atoms with Crippen LogP contribution in [-0.2, 0) is 38.4 Å². The maximum Gasteiger partial charge on any atom is 0.309 e. The predicted octanol–water partition coefficient (Wildman–Crippen LogP) is 5.24. The van der Waals surface area contributed by atoms with Crippen LogP contribution >= 0.6 is 0 Å². The van der Waals surface area contributed by atoms with Gasteiger partial charge in [-0.25, -0.2) is 5.43 Å². The highest BCUT2D eigenvalue weighted by atomic mass is 16.5. The topological polar surface area (TPSA) is 87.7 Å². The van der Waals surface area contributed by atoms with Crippen LogP contribution in [0, 0.1) is 17.8 Å². The van der Waals surface area contributed by atoms with E-state index in [1.54, 1.807) is 0 Å². The Morgan fingerprint density at radius 3 is 2.48 bits per heavy atom. The molecular weight excluding hydrogens is 526 g/mol. The fourth-order valence-corrected chi connectivity index (χ4v) is 7.07. The number of benzene rings is 3. The molecular formula is C35H39N3O4. The number of nitrogens with zero attached hydrogens (tertiary/aromatic N) is 1. The summed E-state index contributed by atoms with van der Waals surface area (Å²) in [6.07, 6.45) is 6.25. The number of amides is 1. The number of carbonyl (C=O) groups excluding carboxylic acids is 3. The molecule has 3 aromatic rings. The molecule has 2 N–H and O–H groups in total. The molecule has 42 heavy (non-hydrogen) atoms. The lowest BCUT2D eigenvalue weighted by atomic mass is 9.83. The van der Waals surface area contributed by atoms with E-state index in [-0.39, 0.29) is 35.4 Å². The second kappa shape index (κ2) is 12.5. The number of nitrogens with one attached hydrogen (secondary N) is 2. The van der Waals surface area contributed by atoms with Crippen LogP contribution in [0.4, 0.5) is 11.4 Å². The van der Waals surface area contributed by atoms with E-state index in [1.807, 2.05) is 48.5 Å². The number of hydrogen-bond acceptors (Lipinski definition) is 6. The van der Waals surface area contributed by atoms with Crippen molar-refractivity contribution in [3.05, 3.63) is 95.1 Å². The first-order chi connectivity index (χ1) is 20.5. The number of para-hydroxylation sites is 1. The number of ether oxygens (including phenoxy) is 1. The zero-order chi connectivity index (χ0) is 29.1. The summed E-state index contributed by atoms with van der Waals surface area (Å²) in [6, 6.07) is 24.4. The first kappa shape index (κ1) is 28.2. The highest BCUT2D eigenvalue weighted by Gasteiger charge is 2.35. The van der Waals surface area contributed by atoms with E-state index in [0.29, 0.717) is 38.3 Å². The highest BCUT2D eigenvalue weighted by Crippen LogP contribution is 2.39. The summed E-state index contributed by atoms with van der Waals surface area (Å²) in [5.41, 5.74) is 9.35. The van der Waals surface area contributed by atoms with Gasteiger partial charge in [0, 0.05) is 18.2 Å². The van der Waals surface area contributed by atoms with E-state index >= 15 is 0 Å². The zero-order valence-electron chi connectivity index (χ0n) is 24.2. The van der Waals surface area contributed by atoms with E-state index < -0.39 is 0 Å². The fourth-order valence-electron chi connectivity index (χ4n) is 7.07. The number of esters is 1. The van der Waals surface area contributed by atoms with E-state index in [4.69, 9.17) is 4.74 Å². The van der Waals surface area contributed by atoms with Crippen LogP contribution in [0.3, 0.4) is 0 Å². The molecule has 3 atom stereocenters. The van der Waals surface area contributed by atoms with E-state index in [2.05, 4.69) is 40.0 Å². The number of anilines is 2. The molecule has 0 spiro atoms. The quantitative estimate of drug-likeness (QED) is 0.364. The Hall–Kier alpha value is -3.97. The molecule has 3 unspecified atom stereocenters. The molecule has 7 nitrogen and oxygen atoms in total. The van der Waals surface area contributed by atoms with Gasteiger partial charge in [0.05, 0.1) is 31.2 Å². The van der Waals surface area contributed by atoms with Gasteiger partial charge in [0.1, 0.15) is 0 Å². The van der Waals surface area contributed by atoms with Crippen molar-refractivity contribution < 1.29 is 19.1 Å². The van der Waals surface area contributed by atoms with E-state index in [0.717, 1.165) is 59.3 Å². The fraction of sp³-hybridized carbons (Fsp3) is 0.400. The van der Waals surface area contributed by atoms with Crippen LogP contribution in [0.5, 0.6) is 0 Å². The van der Waals surface area contributed by atoms with Crippen molar-refractivity contribution in [3.8, 4) is 0 Å². The monoisotopic (exact) mass is 565 g/mol. The molecule has 2 fully saturated rings. The number of carbonyl (C=O) groups is 3. The molecule has 1 saturated heterocycles. The number of rotatable bonds is 8. The van der Waals surface area contributed by atoms with Gasteiger partial charge < -0.3 is 15.1 Å². The van der Waals surface area contributed by atoms with Crippen LogP contribution in [-0.4, -0.2) is 37.9 Å². The maximum atomic E-state index is 13.9. The van der Waals surface area contributed by atoms with Crippen LogP contribution in [0.15, 0.2) is 72.8 Å². The van der Waals surface area contributed by atoms with E-state index in [1.165, 1.54) is 7.11 Å². The Morgan fingerprint density at radius 2 is 1.74 bits per heavy atom. The highest BCUT2D eigenvalue weighted by molar-refractivity contribution is 5.97. The second-order valence-corrected chi connectivity index (χ2v) is 12.0. The summed E-state index contributed by atoms with van der Waals surface area (Å²) in [4.78, 5) is 38.9. The Bertz CT molecular complexity index is 1430. The van der Waals surface area contributed by atoms with Crippen LogP contribution in [0.1, 0.15) is 53.9 Å². The van der Waals surface area contributed by atoms with Gasteiger partial charge >= 0.3 is 5.97 Å². The number of fused-ring (bicyclic) bond motifs is 1. The first-order valence-corrected chi connectivity index (χ1v) is 15.2. The molecule has 1 heterocycles. The van der Waals surface area contributed by atoms with Gasteiger partial charge in [-0.05, 0) is 78.5 Å². The van der Waals surface area contributed by atoms with Gasteiger partial charge in [-0.3, -0.25) is 14.4 Å². The largest absolute Gasteiger partial charge is 0.469 e. The predicted molar refractivity (Wildman–Crippen MR) is 163 cm³/mol. The Labute approximate surface area is 247 Å². The van der Waals surface area contributed by atoms with Crippen molar-refractivity contribution >= 4 is 29.0 Å². The van der Waals surface area contributed by atoms with Crippen molar-refractivity contribution in [2.75, 3.05) is 30.5 Å². The second-order valence-electron chi connectivity index (χ2n) is 12.0. The van der Waals surface area contributed by atoms with Crippen LogP contribution in [0.25, 0.3) is 0 Å². The third-order valence-corrected chi connectivity index (χ3v) is 9.33. The molecule has 0 aromatic heterocycles. The molecule has 0 radical (unpaired) electrons. The number of hydrogen-bond donors (Lipinski definition) is 2. The van der Waals surface area contributed by atoms with E-state index in [9.17, 15) is 14.4 Å². The van der Waals surface area contributed by atoms with Gasteiger partial charge in [-0.15, -0.1) is 0 Å². The van der Waals surface area contributed by atoms with Crippen LogP contribution < -0.4 is 15.8 Å². The molecule has 1 saturated carbocycles. The molecule has 1 amide bonds. The first-order valence-electron chi connectivity index (χ1n) is 15.2. The minimum absolute atomic E-state index is 0.0107. The zero-order valence-corrected chi connectivity index (χ0v) is 24.2. The molecule has 7 heteroatoms. The third kappa shape index (κ3) is 5.97. The van der Waals surface area contributed by atoms with Crippen molar-refractivity contribution in [2.45, 2.75) is 50.9 Å². The lowest BCUT2D eigenvalue weighted by molar-refractivity contribution is -0.145. The van der Waals surface area contributed by atoms with Crippen molar-refractivity contribution in [1.82, 2.24) is 5.43 Å². The number of ketones is 1. The maximum absolute atomic E-state index is 13.9. The van der Waals surface area contributed by atoms with Crippen molar-refractivity contribution in [2.24, 2.45) is 17.8 Å². The van der Waals surface area contributed by atoms with Gasteiger partial charge in [-0.1, -0.05) is 67.4 Å². The number of Topliss-reactive ketones (excluding diaryl/α,β-unsaturated/α-hetero) is 1. The summed E-state index contributed by atoms with van der Waals surface area (Å²) in [7, 11) is 1.43. The Kier molecular flexibility index (Phi) is 8.38. The minimum atomic E-state index is -0.246. The molecule has 1 aliphatic heterocycles. The van der Waals surface area contributed by atoms with Crippen LogP contribution in [0.2, 0.25) is 0 Å². The summed E-state index contributed by atoms with van der Waals surface area (Å²) in [5, 5.41) is 5.32. The average Bonchev–Trinajstić information content (AvgIpc) is 3.71. The molecule has 6 rings (SSSR count). The summed E-state index contributed by atoms with van der Waals surface area (Å²) < 4.78 is 4.99. The molecule has 218 valence electrons. The SMILES string of the molecule is COC(=O)C1Cc2cccc(NC(=O)C(c3ccc(CC4CN(c5ccccc5)NCC4=O)cc3)C3CCCC3)c2C1. The average molecular weight is 566 g/mol. The van der Waals surface area contributed by atoms with Crippen molar-refractivity contribution in [3.63, 3.8) is 0 Å². The van der Waals surface area contributed by atoms with Gasteiger partial charge in [0.25, 0.3) is 0 Å². The molecule has 3 aromatic carbocycles. The lowest BCUT2D eigenvalue weighted by Gasteiger charge is -2.34. The van der Waals surface area contributed by atoms with Gasteiger partial charge in [0.2, 0.25) is 5.91 Å². The van der Waals surface area contributed by atoms with Gasteiger partial charge in [-0.2, -0.15) is 0 Å². The molecule has 0 bridgehead atoms. The minimum Gasteiger partial charge on any atom is -0.469 e. The molecule has 3 aliphatic rings. The Balaban J connectivity index is 1.17. The normalized spacial score (nSPS) is 21.2. The summed E-state index contributed by atoms with van der Waals surface area (Å²) >= 11 is 0. The number of methoxy groups -OCH3 is 1. The molecule has 2 aliphatic carbocycles. The standard InChI is InChI=1S/C35H39N3O4/c1-42-35(41)27-19-26-10-7-13-31(30(26)20-27)37-34(40)33(24-8-5-6-9-24)25-16-14-23(15-17-25)18-28-22-38(36-21-32(28)39)29-11-3-2-4-12-29/h2-4,7,10-17,24,27-28,33,36H,5-6,8-9,18-22H2,1H3,(H,37,40). The summed E-state index contributed by atoms with van der Waals surface area (Å²) in [6.45, 7) is 0.946. The summed E-state index contributed by atoms with van der Waals surface area (Å²) in [5.74, 6) is -0.222. The van der Waals surface area contributed by atoms with Gasteiger partial charge in [0.15, 0.2) is 5.78 Å². The lowest BCUT2D eigenvalue weighted by Crippen LogP contribution is -2.52. The number of hydrazine groups is 1. The van der Waals surface area contributed by atoms with Crippen molar-refractivity contribution in [1.29, 1.82) is 0 Å². The smallest absolute Gasteiger partial charge is 0.309 e. The third-order valence-electron chi connectivity index (χ3n) is 9.33.